The summed E-state index contributed by atoms with van der Waals surface area (Å²) in [5, 5.41) is 8.92. The summed E-state index contributed by atoms with van der Waals surface area (Å²) in [5.74, 6) is 7.98. The molecule has 0 fully saturated rings. The van der Waals surface area contributed by atoms with Crippen molar-refractivity contribution in [1.29, 1.82) is 5.26 Å². The third-order valence-corrected chi connectivity index (χ3v) is 5.54. The first-order valence-electron chi connectivity index (χ1n) is 11.3. The summed E-state index contributed by atoms with van der Waals surface area (Å²) in [6.45, 7) is 0. The van der Waals surface area contributed by atoms with Crippen LogP contribution >= 0.6 is 0 Å². The Hall–Kier alpha value is -5.05. The zero-order chi connectivity index (χ0) is 23.9. The highest BCUT2D eigenvalue weighted by atomic mass is 16.5. The molecule has 35 heavy (non-hydrogen) atoms. The predicted molar refractivity (Wildman–Crippen MR) is 141 cm³/mol. The lowest BCUT2D eigenvalue weighted by atomic mass is 10.0. The van der Waals surface area contributed by atoms with E-state index in [1.165, 1.54) is 0 Å². The van der Waals surface area contributed by atoms with Crippen LogP contribution in [-0.2, 0) is 4.74 Å². The van der Waals surface area contributed by atoms with Crippen LogP contribution in [0.15, 0.2) is 127 Å². The molecule has 0 spiro atoms. The van der Waals surface area contributed by atoms with Crippen molar-refractivity contribution in [2.24, 2.45) is 0 Å². The van der Waals surface area contributed by atoms with Crippen LogP contribution in [0.25, 0.3) is 17.6 Å². The normalized spacial score (nSPS) is 12.3. The Balaban J connectivity index is 1.43. The fourth-order valence-corrected chi connectivity index (χ4v) is 3.72. The third kappa shape index (κ3) is 5.48. The van der Waals surface area contributed by atoms with Gasteiger partial charge in [0, 0.05) is 22.3 Å². The molecule has 4 aromatic carbocycles. The fraction of sp³-hybridized carbons (Fsp3) is 0. The van der Waals surface area contributed by atoms with Gasteiger partial charge in [-0.1, -0.05) is 84.6 Å². The smallest absolute Gasteiger partial charge is 0.135 e. The third-order valence-electron chi connectivity index (χ3n) is 5.54. The molecule has 0 saturated heterocycles. The van der Waals surface area contributed by atoms with Gasteiger partial charge >= 0.3 is 0 Å². The maximum atomic E-state index is 8.92. The van der Waals surface area contributed by atoms with Crippen molar-refractivity contribution in [2.45, 2.75) is 0 Å². The molecule has 0 radical (unpaired) electrons. The average Bonchev–Trinajstić information content (AvgIpc) is 2.94. The molecule has 0 saturated carbocycles. The molecular formula is C33H21NO. The predicted octanol–water partition coefficient (Wildman–Crippen LogP) is 7.45. The standard InChI is InChI=1S/C33H21NO/c34-24-28-19-15-26(16-20-28)12-11-25-13-17-27(18-14-25)21-29-22-32(30-7-3-1-4-8-30)35-33(23-29)31-9-5-2-6-10-31/h1-10,13-23H. The highest BCUT2D eigenvalue weighted by molar-refractivity contribution is 5.80. The van der Waals surface area contributed by atoms with Crippen molar-refractivity contribution in [2.75, 3.05) is 0 Å². The van der Waals surface area contributed by atoms with Crippen molar-refractivity contribution in [3.8, 4) is 17.9 Å². The van der Waals surface area contributed by atoms with Crippen LogP contribution < -0.4 is 0 Å². The maximum absolute atomic E-state index is 8.92. The Kier molecular flexibility index (Phi) is 6.38. The number of hydrogen-bond donors (Lipinski definition) is 0. The highest BCUT2D eigenvalue weighted by Crippen LogP contribution is 2.32. The van der Waals surface area contributed by atoms with E-state index in [1.807, 2.05) is 60.7 Å². The lowest BCUT2D eigenvalue weighted by Crippen LogP contribution is -1.99. The molecule has 0 unspecified atom stereocenters. The van der Waals surface area contributed by atoms with E-state index >= 15 is 0 Å². The molecular weight excluding hydrogens is 426 g/mol. The van der Waals surface area contributed by atoms with Crippen molar-refractivity contribution in [1.82, 2.24) is 0 Å². The van der Waals surface area contributed by atoms with Crippen molar-refractivity contribution < 1.29 is 4.74 Å². The molecule has 2 nitrogen and oxygen atoms in total. The summed E-state index contributed by atoms with van der Waals surface area (Å²) in [4.78, 5) is 0. The zero-order valence-electron chi connectivity index (χ0n) is 19.0. The molecule has 1 aliphatic heterocycles. The molecule has 0 bridgehead atoms. The summed E-state index contributed by atoms with van der Waals surface area (Å²) in [5.41, 5.74) is 6.67. The van der Waals surface area contributed by atoms with Gasteiger partial charge in [0.2, 0.25) is 0 Å². The van der Waals surface area contributed by atoms with Crippen LogP contribution in [0.5, 0.6) is 0 Å². The first-order chi connectivity index (χ1) is 17.3. The van der Waals surface area contributed by atoms with E-state index < -0.39 is 0 Å². The maximum Gasteiger partial charge on any atom is 0.135 e. The summed E-state index contributed by atoms with van der Waals surface area (Å²) < 4.78 is 6.28. The van der Waals surface area contributed by atoms with Crippen LogP contribution in [0.1, 0.15) is 33.4 Å². The SMILES string of the molecule is N#Cc1ccc(C#Cc2ccc(C=C3C=C(c4ccccc4)OC(c4ccccc4)=C3)cc2)cc1. The monoisotopic (exact) mass is 447 g/mol. The lowest BCUT2D eigenvalue weighted by molar-refractivity contribution is 0.467. The van der Waals surface area contributed by atoms with E-state index in [9.17, 15) is 0 Å². The fourth-order valence-electron chi connectivity index (χ4n) is 3.72. The topological polar surface area (TPSA) is 33.0 Å². The van der Waals surface area contributed by atoms with E-state index in [-0.39, 0.29) is 0 Å². The number of nitriles is 1. The second-order valence-corrected chi connectivity index (χ2v) is 8.06. The zero-order valence-corrected chi connectivity index (χ0v) is 19.0. The number of hydrogen-bond acceptors (Lipinski definition) is 2. The summed E-state index contributed by atoms with van der Waals surface area (Å²) in [7, 11) is 0. The Morgan fingerprint density at radius 2 is 1.00 bits per heavy atom. The molecule has 1 heterocycles. The molecule has 1 aliphatic rings. The molecule has 5 rings (SSSR count). The van der Waals surface area contributed by atoms with Gasteiger partial charge in [-0.15, -0.1) is 0 Å². The number of ether oxygens (including phenoxy) is 1. The first kappa shape index (κ1) is 21.8. The quantitative estimate of drug-likeness (QED) is 0.306. The molecule has 0 aromatic heterocycles. The number of allylic oxidation sites excluding steroid dienone is 3. The van der Waals surface area contributed by atoms with E-state index in [0.717, 1.165) is 44.9 Å². The van der Waals surface area contributed by atoms with E-state index in [0.29, 0.717) is 5.56 Å². The molecule has 0 N–H and O–H groups in total. The minimum Gasteiger partial charge on any atom is -0.456 e. The van der Waals surface area contributed by atoms with E-state index in [1.54, 1.807) is 12.1 Å². The van der Waals surface area contributed by atoms with E-state index in [2.05, 4.69) is 72.5 Å². The molecule has 0 atom stereocenters. The molecule has 164 valence electrons. The van der Waals surface area contributed by atoms with Gasteiger partial charge in [-0.2, -0.15) is 5.26 Å². The molecule has 0 aliphatic carbocycles. The van der Waals surface area contributed by atoms with E-state index in [4.69, 9.17) is 10.00 Å². The summed E-state index contributed by atoms with van der Waals surface area (Å²) in [6.07, 6.45) is 6.28. The van der Waals surface area contributed by atoms with Crippen LogP contribution in [0.2, 0.25) is 0 Å². The Bertz CT molecular complexity index is 1460. The Morgan fingerprint density at radius 3 is 1.49 bits per heavy atom. The summed E-state index contributed by atoms with van der Waals surface area (Å²) >= 11 is 0. The van der Waals surface area contributed by atoms with Gasteiger partial charge in [0.25, 0.3) is 0 Å². The summed E-state index contributed by atoms with van der Waals surface area (Å²) in [6, 6.07) is 37.9. The van der Waals surface area contributed by atoms with Gasteiger partial charge in [-0.3, -0.25) is 0 Å². The van der Waals surface area contributed by atoms with Crippen LogP contribution in [0.3, 0.4) is 0 Å². The van der Waals surface area contributed by atoms with Gasteiger partial charge in [0.15, 0.2) is 0 Å². The first-order valence-corrected chi connectivity index (χ1v) is 11.3. The number of nitrogens with zero attached hydrogens (tertiary/aromatic N) is 1. The molecule has 2 heteroatoms. The second-order valence-electron chi connectivity index (χ2n) is 8.06. The van der Waals surface area contributed by atoms with Crippen molar-refractivity contribution >= 4 is 17.6 Å². The van der Waals surface area contributed by atoms with Crippen LogP contribution in [-0.4, -0.2) is 0 Å². The van der Waals surface area contributed by atoms with Gasteiger partial charge in [0.1, 0.15) is 11.5 Å². The minimum atomic E-state index is 0.634. The van der Waals surface area contributed by atoms with Crippen LogP contribution in [0.4, 0.5) is 0 Å². The molecule has 0 amide bonds. The average molecular weight is 448 g/mol. The van der Waals surface area contributed by atoms with Crippen LogP contribution in [0, 0.1) is 23.2 Å². The largest absolute Gasteiger partial charge is 0.456 e. The van der Waals surface area contributed by atoms with Gasteiger partial charge in [-0.05, 0) is 65.8 Å². The lowest BCUT2D eigenvalue weighted by Gasteiger charge is -2.19. The molecule has 4 aromatic rings. The second kappa shape index (κ2) is 10.3. The number of benzene rings is 4. The highest BCUT2D eigenvalue weighted by Gasteiger charge is 2.14. The van der Waals surface area contributed by atoms with Gasteiger partial charge in [0.05, 0.1) is 11.6 Å². The van der Waals surface area contributed by atoms with Crippen molar-refractivity contribution in [3.63, 3.8) is 0 Å². The Labute approximate surface area is 205 Å². The van der Waals surface area contributed by atoms with Gasteiger partial charge in [-0.25, -0.2) is 0 Å². The van der Waals surface area contributed by atoms with Crippen molar-refractivity contribution in [3.05, 3.63) is 160 Å². The number of rotatable bonds is 3. The minimum absolute atomic E-state index is 0.634. The Morgan fingerprint density at radius 1 is 0.543 bits per heavy atom. The van der Waals surface area contributed by atoms with Gasteiger partial charge < -0.3 is 4.74 Å².